The Morgan fingerprint density at radius 2 is 1.96 bits per heavy atom. The molecule has 0 aromatic carbocycles. The van der Waals surface area contributed by atoms with E-state index >= 15 is 0 Å². The second-order valence-corrected chi connectivity index (χ2v) is 10.3. The third kappa shape index (κ3) is 3.27. The molecule has 1 N–H and O–H groups in total. The highest BCUT2D eigenvalue weighted by Gasteiger charge is 2.58. The van der Waals surface area contributed by atoms with E-state index in [2.05, 4.69) is 63.2 Å². The van der Waals surface area contributed by atoms with Gasteiger partial charge in [0.05, 0.1) is 0 Å². The highest BCUT2D eigenvalue weighted by Crippen LogP contribution is 2.61. The molecule has 2 nitrogen and oxygen atoms in total. The molecule has 0 aromatic heterocycles. The van der Waals surface area contributed by atoms with Gasteiger partial charge < -0.3 is 10.2 Å². The third-order valence-corrected chi connectivity index (χ3v) is 8.81. The Balaban J connectivity index is 1.91. The Kier molecular flexibility index (Phi) is 5.18. The summed E-state index contributed by atoms with van der Waals surface area (Å²) in [5.41, 5.74) is 5.49. The second kappa shape index (κ2) is 7.19. The lowest BCUT2D eigenvalue weighted by molar-refractivity contribution is -0.0310. The highest BCUT2D eigenvalue weighted by molar-refractivity contribution is 5.38. The monoisotopic (exact) mass is 368 g/mol. The second-order valence-electron chi connectivity index (χ2n) is 10.3. The van der Waals surface area contributed by atoms with Crippen LogP contribution in [0.3, 0.4) is 0 Å². The molecule has 1 spiro atoms. The Hall–Kier alpha value is -0.860. The quantitative estimate of drug-likeness (QED) is 0.708. The van der Waals surface area contributed by atoms with Gasteiger partial charge in [0.25, 0.3) is 0 Å². The van der Waals surface area contributed by atoms with Crippen molar-refractivity contribution in [2.45, 2.75) is 72.3 Å². The molecular formula is C25H40N2. The zero-order valence-corrected chi connectivity index (χ0v) is 18.3. The molecule has 4 aliphatic rings. The average Bonchev–Trinajstić information content (AvgIpc) is 3.46. The van der Waals surface area contributed by atoms with Gasteiger partial charge in [0.15, 0.2) is 0 Å². The molecule has 2 aliphatic heterocycles. The van der Waals surface area contributed by atoms with Gasteiger partial charge in [-0.3, -0.25) is 0 Å². The first-order valence-electron chi connectivity index (χ1n) is 11.3. The van der Waals surface area contributed by atoms with Crippen LogP contribution < -0.4 is 5.32 Å². The summed E-state index contributed by atoms with van der Waals surface area (Å²) in [5, 5.41) is 3.87. The maximum Gasteiger partial charge on any atom is 0.0102 e. The van der Waals surface area contributed by atoms with Crippen molar-refractivity contribution in [3.05, 3.63) is 34.9 Å². The maximum absolute atomic E-state index is 3.87. The molecule has 4 rings (SSSR count). The van der Waals surface area contributed by atoms with E-state index in [1.54, 1.807) is 11.1 Å². The average molecular weight is 369 g/mol. The molecule has 3 fully saturated rings. The van der Waals surface area contributed by atoms with Crippen LogP contribution in [-0.4, -0.2) is 37.6 Å². The fourth-order valence-corrected chi connectivity index (χ4v) is 6.63. The normalized spacial score (nSPS) is 43.7. The highest BCUT2D eigenvalue weighted by atomic mass is 15.1. The van der Waals surface area contributed by atoms with Crippen LogP contribution >= 0.6 is 0 Å². The first-order valence-corrected chi connectivity index (χ1v) is 11.3. The van der Waals surface area contributed by atoms with E-state index in [-0.39, 0.29) is 0 Å². The SMILES string of the molecule is CC1=CCC2CN(C)CCC3(C)C(C)NCCC23/C(C)=C(\CC2CC2)C=C1. The van der Waals surface area contributed by atoms with Gasteiger partial charge in [-0.1, -0.05) is 36.3 Å². The fourth-order valence-electron chi connectivity index (χ4n) is 6.63. The number of likely N-dealkylation sites (tertiary alicyclic amines) is 1. The molecule has 0 radical (unpaired) electrons. The zero-order valence-electron chi connectivity index (χ0n) is 18.3. The number of piperidine rings is 1. The molecule has 0 amide bonds. The molecule has 2 heterocycles. The van der Waals surface area contributed by atoms with Crippen molar-refractivity contribution in [3.63, 3.8) is 0 Å². The minimum Gasteiger partial charge on any atom is -0.314 e. The van der Waals surface area contributed by atoms with Crippen molar-refractivity contribution in [1.29, 1.82) is 0 Å². The summed E-state index contributed by atoms with van der Waals surface area (Å²) in [5.74, 6) is 1.65. The van der Waals surface area contributed by atoms with Gasteiger partial charge in [0.2, 0.25) is 0 Å². The smallest absolute Gasteiger partial charge is 0.0102 e. The molecule has 2 saturated heterocycles. The summed E-state index contributed by atoms with van der Waals surface area (Å²) in [6, 6.07) is 0.576. The molecule has 27 heavy (non-hydrogen) atoms. The Morgan fingerprint density at radius 1 is 1.19 bits per heavy atom. The number of nitrogens with zero attached hydrogens (tertiary/aromatic N) is 1. The lowest BCUT2D eigenvalue weighted by Crippen LogP contribution is -2.61. The van der Waals surface area contributed by atoms with Crippen molar-refractivity contribution < 1.29 is 0 Å². The topological polar surface area (TPSA) is 15.3 Å². The molecule has 2 aliphatic carbocycles. The van der Waals surface area contributed by atoms with Gasteiger partial charge in [0.1, 0.15) is 0 Å². The Morgan fingerprint density at radius 3 is 2.70 bits per heavy atom. The number of hydrogen-bond donors (Lipinski definition) is 1. The van der Waals surface area contributed by atoms with Crippen molar-refractivity contribution in [2.75, 3.05) is 26.7 Å². The Bertz CT molecular complexity index is 668. The van der Waals surface area contributed by atoms with Crippen molar-refractivity contribution in [2.24, 2.45) is 22.7 Å². The summed E-state index contributed by atoms with van der Waals surface area (Å²) in [7, 11) is 2.35. The minimum atomic E-state index is 0.318. The van der Waals surface area contributed by atoms with E-state index in [1.807, 2.05) is 0 Å². The molecule has 0 aromatic rings. The maximum atomic E-state index is 3.87. The molecule has 150 valence electrons. The van der Waals surface area contributed by atoms with Crippen LogP contribution in [0.5, 0.6) is 0 Å². The van der Waals surface area contributed by atoms with Gasteiger partial charge >= 0.3 is 0 Å². The lowest BCUT2D eigenvalue weighted by Gasteiger charge is -2.59. The van der Waals surface area contributed by atoms with Crippen LogP contribution in [0.25, 0.3) is 0 Å². The molecule has 0 bridgehead atoms. The van der Waals surface area contributed by atoms with Crippen LogP contribution in [0, 0.1) is 22.7 Å². The summed E-state index contributed by atoms with van der Waals surface area (Å²) in [4.78, 5) is 2.62. The van der Waals surface area contributed by atoms with Gasteiger partial charge in [0, 0.05) is 18.0 Å². The van der Waals surface area contributed by atoms with Crippen LogP contribution in [0.15, 0.2) is 34.9 Å². The molecule has 2 heteroatoms. The first kappa shape index (κ1) is 19.5. The predicted molar refractivity (Wildman–Crippen MR) is 116 cm³/mol. The molecule has 4 atom stereocenters. The van der Waals surface area contributed by atoms with Crippen LogP contribution in [0.4, 0.5) is 0 Å². The van der Waals surface area contributed by atoms with E-state index in [0.717, 1.165) is 12.5 Å². The molecular weight excluding hydrogens is 328 g/mol. The van der Waals surface area contributed by atoms with E-state index in [0.29, 0.717) is 22.8 Å². The Labute approximate surface area is 167 Å². The van der Waals surface area contributed by atoms with E-state index in [9.17, 15) is 0 Å². The lowest BCUT2D eigenvalue weighted by atomic mass is 9.48. The van der Waals surface area contributed by atoms with Crippen molar-refractivity contribution in [3.8, 4) is 0 Å². The van der Waals surface area contributed by atoms with E-state index in [1.165, 1.54) is 57.2 Å². The minimum absolute atomic E-state index is 0.318. The number of allylic oxidation sites excluding steroid dienone is 6. The van der Waals surface area contributed by atoms with Crippen LogP contribution in [-0.2, 0) is 0 Å². The fraction of sp³-hybridized carbons (Fsp3) is 0.760. The van der Waals surface area contributed by atoms with E-state index in [4.69, 9.17) is 0 Å². The summed E-state index contributed by atoms with van der Waals surface area (Å²) in [6.07, 6.45) is 15.4. The summed E-state index contributed by atoms with van der Waals surface area (Å²) >= 11 is 0. The standard InChI is InChI=1S/C25H40N2/c1-18-6-10-22(16-21-8-9-21)19(2)25-12-14-26-20(3)24(25,4)13-15-27(5)17-23(25)11-7-18/h6-7,10,20-21,23,26H,8-9,11-17H2,1-5H3/b10-6?,18-7?,22-19-. The zero-order chi connectivity index (χ0) is 19.2. The van der Waals surface area contributed by atoms with Crippen molar-refractivity contribution in [1.82, 2.24) is 10.2 Å². The number of nitrogens with one attached hydrogen (secondary N) is 1. The van der Waals surface area contributed by atoms with E-state index < -0.39 is 0 Å². The van der Waals surface area contributed by atoms with Crippen LogP contribution in [0.2, 0.25) is 0 Å². The summed E-state index contributed by atoms with van der Waals surface area (Å²) < 4.78 is 0. The first-order chi connectivity index (χ1) is 12.9. The van der Waals surface area contributed by atoms with Crippen molar-refractivity contribution >= 4 is 0 Å². The number of rotatable bonds is 2. The molecule has 4 unspecified atom stereocenters. The van der Waals surface area contributed by atoms with Gasteiger partial charge in [-0.05, 0) is 102 Å². The summed E-state index contributed by atoms with van der Waals surface area (Å²) in [6.45, 7) is 13.5. The van der Waals surface area contributed by atoms with Gasteiger partial charge in [-0.2, -0.15) is 0 Å². The third-order valence-electron chi connectivity index (χ3n) is 8.81. The van der Waals surface area contributed by atoms with Gasteiger partial charge in [-0.15, -0.1) is 0 Å². The van der Waals surface area contributed by atoms with Gasteiger partial charge in [-0.25, -0.2) is 0 Å². The predicted octanol–water partition coefficient (Wildman–Crippen LogP) is 5.34. The number of hydrogen-bond acceptors (Lipinski definition) is 2. The largest absolute Gasteiger partial charge is 0.314 e. The van der Waals surface area contributed by atoms with Crippen LogP contribution in [0.1, 0.15) is 66.2 Å². The molecule has 1 saturated carbocycles.